The van der Waals surface area contributed by atoms with Crippen LogP contribution < -0.4 is 10.2 Å². The summed E-state index contributed by atoms with van der Waals surface area (Å²) < 4.78 is 51.1. The molecule has 10 heteroatoms. The summed E-state index contributed by atoms with van der Waals surface area (Å²) in [5.41, 5.74) is 1.53. The molecular weight excluding hydrogens is 543 g/mol. The summed E-state index contributed by atoms with van der Waals surface area (Å²) in [6.07, 6.45) is 3.29. The lowest BCUT2D eigenvalue weighted by molar-refractivity contribution is -0.138. The van der Waals surface area contributed by atoms with Gasteiger partial charge in [0.25, 0.3) is 5.91 Å². The van der Waals surface area contributed by atoms with E-state index in [0.29, 0.717) is 24.5 Å². The van der Waals surface area contributed by atoms with Crippen molar-refractivity contribution in [2.75, 3.05) is 18.1 Å². The van der Waals surface area contributed by atoms with Gasteiger partial charge in [0.05, 0.1) is 31.2 Å². The van der Waals surface area contributed by atoms with Gasteiger partial charge in [-0.25, -0.2) is 0 Å². The monoisotopic (exact) mass is 579 g/mol. The van der Waals surface area contributed by atoms with Crippen LogP contribution in [0.5, 0.6) is 0 Å². The van der Waals surface area contributed by atoms with Gasteiger partial charge in [0.1, 0.15) is 12.2 Å². The number of aryl methyl sites for hydroxylation is 1. The molecule has 4 aliphatic rings. The van der Waals surface area contributed by atoms with Gasteiger partial charge in [-0.3, -0.25) is 4.79 Å². The Balaban J connectivity index is 1.25. The van der Waals surface area contributed by atoms with Crippen LogP contribution in [-0.2, 0) is 24.5 Å². The van der Waals surface area contributed by atoms with E-state index < -0.39 is 11.7 Å². The number of fused-ring (bicyclic) bond motifs is 1. The highest BCUT2D eigenvalue weighted by Gasteiger charge is 2.44. The van der Waals surface area contributed by atoms with Gasteiger partial charge in [-0.05, 0) is 85.9 Å². The molecule has 3 aromatic rings. The van der Waals surface area contributed by atoms with Crippen molar-refractivity contribution in [2.24, 2.45) is 18.9 Å². The van der Waals surface area contributed by atoms with Crippen molar-refractivity contribution in [3.63, 3.8) is 0 Å². The van der Waals surface area contributed by atoms with Crippen LogP contribution >= 0.6 is 0 Å². The molecule has 1 saturated heterocycles. The summed E-state index contributed by atoms with van der Waals surface area (Å²) in [6, 6.07) is 10.4. The molecule has 3 fully saturated rings. The van der Waals surface area contributed by atoms with E-state index in [4.69, 9.17) is 4.74 Å². The molecule has 0 bridgehead atoms. The molecule has 2 aliphatic carbocycles. The number of amides is 1. The number of hydrogen-bond acceptors (Lipinski definition) is 5. The number of anilines is 1. The van der Waals surface area contributed by atoms with E-state index in [9.17, 15) is 18.0 Å². The number of rotatable bonds is 8. The summed E-state index contributed by atoms with van der Waals surface area (Å²) in [5, 5.41) is 12.1. The molecule has 222 valence electrons. The third-order valence-electron chi connectivity index (χ3n) is 10.0. The molecule has 42 heavy (non-hydrogen) atoms. The zero-order valence-corrected chi connectivity index (χ0v) is 24.0. The number of hydrogen-bond donors (Lipinski definition) is 1. The van der Waals surface area contributed by atoms with Gasteiger partial charge in [-0.1, -0.05) is 18.6 Å². The molecule has 2 aromatic carbocycles. The second-order valence-corrected chi connectivity index (χ2v) is 12.9. The number of carbonyl (C=O) groups is 1. The van der Waals surface area contributed by atoms with Crippen molar-refractivity contribution < 1.29 is 22.7 Å². The van der Waals surface area contributed by atoms with Crippen LogP contribution in [0.3, 0.4) is 0 Å². The Kier molecular flexibility index (Phi) is 6.69. The number of nitrogens with one attached hydrogen (secondary N) is 1. The fraction of sp³-hybridized carbons (Fsp3) is 0.531. The lowest BCUT2D eigenvalue weighted by Crippen LogP contribution is -2.52. The highest BCUT2D eigenvalue weighted by Crippen LogP contribution is 2.46. The van der Waals surface area contributed by atoms with E-state index in [2.05, 4.69) is 22.4 Å². The predicted octanol–water partition coefficient (Wildman–Crippen LogP) is 6.15. The minimum atomic E-state index is -4.57. The summed E-state index contributed by atoms with van der Waals surface area (Å²) in [4.78, 5) is 15.4. The van der Waals surface area contributed by atoms with E-state index in [0.717, 1.165) is 49.9 Å². The SMILES string of the molecule is Cn1cnnc1[C@@H](c1cccc(N2Cc3c(cc(C(NC4(C)CCC4)C4CCC4)cc3C(F)(F)F)C2=O)c1)C1COC1. The Morgan fingerprint density at radius 2 is 1.86 bits per heavy atom. The minimum absolute atomic E-state index is 0.0566. The van der Waals surface area contributed by atoms with Crippen molar-refractivity contribution >= 4 is 11.6 Å². The third kappa shape index (κ3) is 4.72. The van der Waals surface area contributed by atoms with Gasteiger partial charge in [0.15, 0.2) is 0 Å². The van der Waals surface area contributed by atoms with Crippen molar-refractivity contribution in [2.45, 2.75) is 75.7 Å². The van der Waals surface area contributed by atoms with E-state index in [1.54, 1.807) is 18.5 Å². The predicted molar refractivity (Wildman–Crippen MR) is 151 cm³/mol. The van der Waals surface area contributed by atoms with Gasteiger partial charge >= 0.3 is 6.18 Å². The van der Waals surface area contributed by atoms with Crippen LogP contribution in [-0.4, -0.2) is 39.4 Å². The van der Waals surface area contributed by atoms with E-state index in [1.165, 1.54) is 11.0 Å². The minimum Gasteiger partial charge on any atom is -0.381 e. The third-order valence-corrected chi connectivity index (χ3v) is 10.0. The summed E-state index contributed by atoms with van der Waals surface area (Å²) >= 11 is 0. The average Bonchev–Trinajstić information content (AvgIpc) is 3.45. The normalized spacial score (nSPS) is 21.8. The first-order chi connectivity index (χ1) is 20.1. The van der Waals surface area contributed by atoms with Crippen molar-refractivity contribution in [1.82, 2.24) is 20.1 Å². The van der Waals surface area contributed by atoms with Gasteiger partial charge < -0.3 is 19.5 Å². The lowest BCUT2D eigenvalue weighted by atomic mass is 9.72. The Hall–Kier alpha value is -3.24. The van der Waals surface area contributed by atoms with Crippen LogP contribution in [0.2, 0.25) is 0 Å². The zero-order valence-electron chi connectivity index (χ0n) is 24.0. The maximum Gasteiger partial charge on any atom is 0.416 e. The van der Waals surface area contributed by atoms with Gasteiger partial charge in [-0.15, -0.1) is 10.2 Å². The molecule has 2 saturated carbocycles. The summed E-state index contributed by atoms with van der Waals surface area (Å²) in [5.74, 6) is 0.765. The topological polar surface area (TPSA) is 72.3 Å². The molecule has 1 aromatic heterocycles. The van der Waals surface area contributed by atoms with Gasteiger partial charge in [0, 0.05) is 35.8 Å². The molecule has 7 rings (SSSR count). The van der Waals surface area contributed by atoms with Crippen LogP contribution in [0.25, 0.3) is 0 Å². The number of halogens is 3. The molecule has 1 unspecified atom stereocenters. The molecule has 1 N–H and O–H groups in total. The largest absolute Gasteiger partial charge is 0.416 e. The van der Waals surface area contributed by atoms with Gasteiger partial charge in [0.2, 0.25) is 0 Å². The maximum atomic E-state index is 14.6. The number of ether oxygens (including phenoxy) is 1. The van der Waals surface area contributed by atoms with Crippen LogP contribution in [0.1, 0.15) is 95.8 Å². The maximum absolute atomic E-state index is 14.6. The molecule has 1 amide bonds. The first-order valence-corrected chi connectivity index (χ1v) is 15.0. The summed E-state index contributed by atoms with van der Waals surface area (Å²) in [7, 11) is 1.89. The fourth-order valence-corrected chi connectivity index (χ4v) is 7.08. The number of alkyl halides is 3. The highest BCUT2D eigenvalue weighted by atomic mass is 19.4. The molecule has 3 heterocycles. The molecule has 7 nitrogen and oxygen atoms in total. The molecular formula is C32H36F3N5O2. The number of carbonyl (C=O) groups excluding carboxylic acids is 1. The van der Waals surface area contributed by atoms with Crippen molar-refractivity contribution in [3.8, 4) is 0 Å². The Morgan fingerprint density at radius 3 is 2.43 bits per heavy atom. The standard InChI is InChI=1S/C32H36F3N5O2/c1-31(10-5-11-31)37-28(19-6-3-7-19)21-13-24-25(26(14-21)32(33,34)35)15-40(30(24)41)23-9-4-8-20(12-23)27(22-16-42-17-22)29-38-36-18-39(29)2/h4,8-9,12-14,18-19,22,27-28,37H,3,5-7,10-11,15-17H2,1-2H3/t27-,28?/m0/s1. The molecule has 0 spiro atoms. The Labute approximate surface area is 243 Å². The van der Waals surface area contributed by atoms with Crippen molar-refractivity contribution in [1.29, 1.82) is 0 Å². The number of aromatic nitrogens is 3. The van der Waals surface area contributed by atoms with Crippen LogP contribution in [0.15, 0.2) is 42.7 Å². The van der Waals surface area contributed by atoms with Crippen LogP contribution in [0, 0.1) is 11.8 Å². The second kappa shape index (κ2) is 10.2. The quantitative estimate of drug-likeness (QED) is 0.347. The smallest absolute Gasteiger partial charge is 0.381 e. The highest BCUT2D eigenvalue weighted by molar-refractivity contribution is 6.10. The van der Waals surface area contributed by atoms with Gasteiger partial charge in [-0.2, -0.15) is 13.2 Å². The van der Waals surface area contributed by atoms with Crippen molar-refractivity contribution in [3.05, 3.63) is 76.4 Å². The van der Waals surface area contributed by atoms with E-state index in [-0.39, 0.29) is 52.9 Å². The number of benzene rings is 2. The second-order valence-electron chi connectivity index (χ2n) is 12.9. The van der Waals surface area contributed by atoms with Crippen LogP contribution in [0.4, 0.5) is 18.9 Å². The molecule has 2 atom stereocenters. The van der Waals surface area contributed by atoms with E-state index >= 15 is 0 Å². The number of nitrogens with zero attached hydrogens (tertiary/aromatic N) is 4. The Morgan fingerprint density at radius 1 is 1.07 bits per heavy atom. The fourth-order valence-electron chi connectivity index (χ4n) is 7.08. The summed E-state index contributed by atoms with van der Waals surface area (Å²) in [6.45, 7) is 3.21. The first-order valence-electron chi connectivity index (χ1n) is 15.0. The zero-order chi connectivity index (χ0) is 29.2. The lowest BCUT2D eigenvalue weighted by Gasteiger charge is -2.46. The average molecular weight is 580 g/mol. The van der Waals surface area contributed by atoms with E-state index in [1.807, 2.05) is 29.8 Å². The molecule has 0 radical (unpaired) electrons. The Bertz CT molecular complexity index is 1510. The first kappa shape index (κ1) is 27.6. The molecule has 2 aliphatic heterocycles.